The van der Waals surface area contributed by atoms with E-state index in [-0.39, 0.29) is 28.9 Å². The summed E-state index contributed by atoms with van der Waals surface area (Å²) in [6, 6.07) is 4.34. The number of halogens is 2. The first kappa shape index (κ1) is 13.8. The Morgan fingerprint density at radius 1 is 1.50 bits per heavy atom. The zero-order valence-electron chi connectivity index (χ0n) is 9.64. The average Bonchev–Trinajstić information content (AvgIpc) is 2.64. The molecule has 1 fully saturated rings. The molecule has 1 aromatic rings. The van der Waals surface area contributed by atoms with Gasteiger partial charge in [-0.05, 0) is 30.5 Å². The minimum absolute atomic E-state index is 0.0181. The molecule has 2 atom stereocenters. The summed E-state index contributed by atoms with van der Waals surface area (Å²) in [5, 5.41) is 10.0. The van der Waals surface area contributed by atoms with E-state index in [0.717, 1.165) is 0 Å². The van der Waals surface area contributed by atoms with Crippen molar-refractivity contribution in [1.82, 2.24) is 0 Å². The van der Waals surface area contributed by atoms with Crippen molar-refractivity contribution < 1.29 is 17.9 Å². The fraction of sp³-hybridized carbons (Fsp3) is 0.500. The highest BCUT2D eigenvalue weighted by molar-refractivity contribution is 7.91. The average molecular weight is 293 g/mol. The van der Waals surface area contributed by atoms with E-state index in [4.69, 9.17) is 11.6 Å². The van der Waals surface area contributed by atoms with Crippen molar-refractivity contribution in [1.29, 1.82) is 0 Å². The zero-order valence-corrected chi connectivity index (χ0v) is 11.2. The van der Waals surface area contributed by atoms with Gasteiger partial charge in [0.25, 0.3) is 0 Å². The van der Waals surface area contributed by atoms with Crippen LogP contribution in [0.3, 0.4) is 0 Å². The summed E-state index contributed by atoms with van der Waals surface area (Å²) in [5.74, 6) is -0.636. The van der Waals surface area contributed by atoms with E-state index in [2.05, 4.69) is 0 Å². The quantitative estimate of drug-likeness (QED) is 0.924. The van der Waals surface area contributed by atoms with E-state index in [1.807, 2.05) is 0 Å². The Balaban J connectivity index is 2.03. The first-order chi connectivity index (χ1) is 8.37. The Labute approximate surface area is 111 Å². The molecule has 1 aliphatic rings. The predicted molar refractivity (Wildman–Crippen MR) is 67.9 cm³/mol. The molecule has 1 heterocycles. The van der Waals surface area contributed by atoms with Gasteiger partial charge >= 0.3 is 0 Å². The largest absolute Gasteiger partial charge is 0.392 e. The van der Waals surface area contributed by atoms with Crippen molar-refractivity contribution in [3.63, 3.8) is 0 Å². The standard InChI is InChI=1S/C12H14ClFO3S/c13-10-2-1-8(5-11(10)14)6-12(15)9-3-4-18(16,17)7-9/h1-2,5,9,12,15H,3-4,6-7H2. The van der Waals surface area contributed by atoms with Crippen LogP contribution >= 0.6 is 11.6 Å². The maximum Gasteiger partial charge on any atom is 0.150 e. The van der Waals surface area contributed by atoms with Crippen LogP contribution in [0, 0.1) is 11.7 Å². The van der Waals surface area contributed by atoms with Gasteiger partial charge in [-0.25, -0.2) is 12.8 Å². The first-order valence-corrected chi connectivity index (χ1v) is 7.90. The Morgan fingerprint density at radius 2 is 2.22 bits per heavy atom. The van der Waals surface area contributed by atoms with E-state index in [0.29, 0.717) is 12.0 Å². The molecule has 0 saturated carbocycles. The van der Waals surface area contributed by atoms with E-state index in [1.54, 1.807) is 6.07 Å². The lowest BCUT2D eigenvalue weighted by atomic mass is 9.96. The molecule has 18 heavy (non-hydrogen) atoms. The SMILES string of the molecule is O=S1(=O)CCC(C(O)Cc2ccc(Cl)c(F)c2)C1. The van der Waals surface area contributed by atoms with Crippen molar-refractivity contribution in [3.05, 3.63) is 34.6 Å². The molecule has 0 amide bonds. The monoisotopic (exact) mass is 292 g/mol. The lowest BCUT2D eigenvalue weighted by Crippen LogP contribution is -2.24. The third-order valence-corrected chi connectivity index (χ3v) is 5.34. The van der Waals surface area contributed by atoms with Crippen LogP contribution in [-0.2, 0) is 16.3 Å². The minimum atomic E-state index is -3.00. The summed E-state index contributed by atoms with van der Waals surface area (Å²) >= 11 is 5.56. The van der Waals surface area contributed by atoms with Crippen LogP contribution < -0.4 is 0 Å². The van der Waals surface area contributed by atoms with E-state index >= 15 is 0 Å². The van der Waals surface area contributed by atoms with Crippen molar-refractivity contribution >= 4 is 21.4 Å². The number of hydrogen-bond acceptors (Lipinski definition) is 3. The highest BCUT2D eigenvalue weighted by Gasteiger charge is 2.32. The Bertz CT molecular complexity index is 544. The number of aliphatic hydroxyl groups excluding tert-OH is 1. The van der Waals surface area contributed by atoms with Gasteiger partial charge in [0.15, 0.2) is 9.84 Å². The maximum atomic E-state index is 13.2. The molecule has 0 spiro atoms. The molecule has 3 nitrogen and oxygen atoms in total. The van der Waals surface area contributed by atoms with Gasteiger partial charge in [0, 0.05) is 5.92 Å². The second-order valence-electron chi connectivity index (χ2n) is 4.68. The maximum absolute atomic E-state index is 13.2. The van der Waals surface area contributed by atoms with Crippen molar-refractivity contribution in [2.24, 2.45) is 5.92 Å². The summed E-state index contributed by atoms with van der Waals surface area (Å²) in [6.07, 6.45) is -0.0451. The summed E-state index contributed by atoms with van der Waals surface area (Å²) in [6.45, 7) is 0. The summed E-state index contributed by atoms with van der Waals surface area (Å²) < 4.78 is 35.8. The molecular formula is C12H14ClFO3S. The Kier molecular flexibility index (Phi) is 3.94. The molecule has 0 aromatic heterocycles. The van der Waals surface area contributed by atoms with E-state index in [1.165, 1.54) is 12.1 Å². The van der Waals surface area contributed by atoms with Crippen molar-refractivity contribution in [3.8, 4) is 0 Å². The topological polar surface area (TPSA) is 54.4 Å². The lowest BCUT2D eigenvalue weighted by Gasteiger charge is -2.16. The molecule has 100 valence electrons. The van der Waals surface area contributed by atoms with Crippen molar-refractivity contribution in [2.45, 2.75) is 18.9 Å². The van der Waals surface area contributed by atoms with Gasteiger partial charge in [0.2, 0.25) is 0 Å². The third-order valence-electron chi connectivity index (χ3n) is 3.24. The number of rotatable bonds is 3. The second kappa shape index (κ2) is 5.15. The third kappa shape index (κ3) is 3.22. The van der Waals surface area contributed by atoms with Gasteiger partial charge in [-0.15, -0.1) is 0 Å². The molecule has 0 radical (unpaired) electrons. The molecule has 0 bridgehead atoms. The number of benzene rings is 1. The molecule has 1 saturated heterocycles. The summed E-state index contributed by atoms with van der Waals surface area (Å²) in [4.78, 5) is 0. The fourth-order valence-corrected chi connectivity index (χ4v) is 4.19. The van der Waals surface area contributed by atoms with Crippen LogP contribution in [0.4, 0.5) is 4.39 Å². The predicted octanol–water partition coefficient (Wildman–Crippen LogP) is 1.82. The summed E-state index contributed by atoms with van der Waals surface area (Å²) in [5.41, 5.74) is 0.619. The smallest absolute Gasteiger partial charge is 0.150 e. The normalized spacial score (nSPS) is 24.1. The van der Waals surface area contributed by atoms with Gasteiger partial charge in [-0.2, -0.15) is 0 Å². The molecule has 1 aliphatic heterocycles. The lowest BCUT2D eigenvalue weighted by molar-refractivity contribution is 0.120. The highest BCUT2D eigenvalue weighted by atomic mass is 35.5. The Morgan fingerprint density at radius 3 is 2.78 bits per heavy atom. The zero-order chi connectivity index (χ0) is 13.3. The number of hydrogen-bond donors (Lipinski definition) is 1. The van der Waals surface area contributed by atoms with Crippen LogP contribution in [-0.4, -0.2) is 31.1 Å². The van der Waals surface area contributed by atoms with Crippen LogP contribution in [0.2, 0.25) is 5.02 Å². The number of sulfone groups is 1. The summed E-state index contributed by atoms with van der Waals surface area (Å²) in [7, 11) is -3.00. The van der Waals surface area contributed by atoms with Crippen LogP contribution in [0.5, 0.6) is 0 Å². The van der Waals surface area contributed by atoms with Crippen LogP contribution in [0.1, 0.15) is 12.0 Å². The van der Waals surface area contributed by atoms with E-state index in [9.17, 15) is 17.9 Å². The van der Waals surface area contributed by atoms with Gasteiger partial charge in [-0.1, -0.05) is 17.7 Å². The van der Waals surface area contributed by atoms with Crippen molar-refractivity contribution in [2.75, 3.05) is 11.5 Å². The van der Waals surface area contributed by atoms with Crippen LogP contribution in [0.15, 0.2) is 18.2 Å². The van der Waals surface area contributed by atoms with Crippen LogP contribution in [0.25, 0.3) is 0 Å². The second-order valence-corrected chi connectivity index (χ2v) is 7.32. The molecule has 1 aromatic carbocycles. The number of aliphatic hydroxyl groups is 1. The van der Waals surface area contributed by atoms with Gasteiger partial charge in [-0.3, -0.25) is 0 Å². The Hall–Kier alpha value is -0.650. The van der Waals surface area contributed by atoms with Gasteiger partial charge in [0.1, 0.15) is 5.82 Å². The van der Waals surface area contributed by atoms with E-state index < -0.39 is 21.8 Å². The minimum Gasteiger partial charge on any atom is -0.392 e. The molecule has 1 N–H and O–H groups in total. The molecule has 0 aliphatic carbocycles. The van der Waals surface area contributed by atoms with Gasteiger partial charge < -0.3 is 5.11 Å². The molecular weight excluding hydrogens is 279 g/mol. The van der Waals surface area contributed by atoms with Gasteiger partial charge in [0.05, 0.1) is 22.6 Å². The first-order valence-electron chi connectivity index (χ1n) is 5.70. The highest BCUT2D eigenvalue weighted by Crippen LogP contribution is 2.25. The molecule has 2 unspecified atom stereocenters. The molecule has 2 rings (SSSR count). The fourth-order valence-electron chi connectivity index (χ4n) is 2.20. The molecule has 6 heteroatoms.